The maximum absolute atomic E-state index is 13.2. The average Bonchev–Trinajstić information content (AvgIpc) is 3.16. The molecule has 0 spiro atoms. The normalized spacial score (nSPS) is 11.9. The van der Waals surface area contributed by atoms with Gasteiger partial charge >= 0.3 is 6.18 Å². The van der Waals surface area contributed by atoms with Crippen LogP contribution in [0.5, 0.6) is 0 Å². The van der Waals surface area contributed by atoms with Gasteiger partial charge < -0.3 is 5.73 Å². The second kappa shape index (κ2) is 6.38. The number of alkyl halides is 3. The summed E-state index contributed by atoms with van der Waals surface area (Å²) in [5, 5.41) is 0.613. The second-order valence-electron chi connectivity index (χ2n) is 5.91. The van der Waals surface area contributed by atoms with Crippen molar-refractivity contribution in [2.75, 3.05) is 5.73 Å². The summed E-state index contributed by atoms with van der Waals surface area (Å²) in [7, 11) is 0. The minimum absolute atomic E-state index is 0.00411. The smallest absolute Gasteiger partial charge is 0.396 e. The molecule has 0 aliphatic heterocycles. The zero-order chi connectivity index (χ0) is 20.1. The fourth-order valence-electron chi connectivity index (χ4n) is 2.90. The van der Waals surface area contributed by atoms with Gasteiger partial charge in [-0.2, -0.15) is 13.2 Å². The number of benzene rings is 1. The van der Waals surface area contributed by atoms with Crippen molar-refractivity contribution in [1.82, 2.24) is 19.1 Å². The van der Waals surface area contributed by atoms with Crippen LogP contribution < -0.4 is 11.3 Å². The predicted molar refractivity (Wildman–Crippen MR) is 98.9 cm³/mol. The molecule has 0 fully saturated rings. The second-order valence-corrected chi connectivity index (χ2v) is 6.35. The lowest BCUT2D eigenvalue weighted by Gasteiger charge is -2.17. The number of imidazole rings is 1. The Hall–Kier alpha value is -3.33. The van der Waals surface area contributed by atoms with E-state index in [2.05, 4.69) is 9.97 Å². The number of hydrogen-bond donors (Lipinski definition) is 1. The van der Waals surface area contributed by atoms with Crippen molar-refractivity contribution in [2.24, 2.45) is 0 Å². The highest BCUT2D eigenvalue weighted by atomic mass is 35.5. The molecule has 10 heteroatoms. The van der Waals surface area contributed by atoms with Crippen LogP contribution in [0, 0.1) is 0 Å². The molecular formula is C18H11ClF3N5O. The summed E-state index contributed by atoms with van der Waals surface area (Å²) < 4.78 is 42.1. The maximum atomic E-state index is 13.2. The van der Waals surface area contributed by atoms with Crippen LogP contribution in [0.4, 0.5) is 18.9 Å². The Bertz CT molecular complexity index is 1230. The molecule has 0 aliphatic carbocycles. The topological polar surface area (TPSA) is 78.7 Å². The third kappa shape index (κ3) is 2.89. The minimum Gasteiger partial charge on any atom is -0.396 e. The van der Waals surface area contributed by atoms with Crippen LogP contribution >= 0.6 is 11.6 Å². The number of aromatic nitrogens is 4. The van der Waals surface area contributed by atoms with Crippen molar-refractivity contribution in [3.8, 4) is 11.4 Å². The predicted octanol–water partition coefficient (Wildman–Crippen LogP) is 3.83. The summed E-state index contributed by atoms with van der Waals surface area (Å²) in [6.07, 6.45) is -0.321. The van der Waals surface area contributed by atoms with Gasteiger partial charge in [0.2, 0.25) is 0 Å². The molecule has 0 radical (unpaired) electrons. The van der Waals surface area contributed by atoms with Crippen molar-refractivity contribution in [1.29, 1.82) is 0 Å². The van der Waals surface area contributed by atoms with Crippen LogP contribution in [0.3, 0.4) is 0 Å². The van der Waals surface area contributed by atoms with Gasteiger partial charge in [0.25, 0.3) is 5.56 Å². The van der Waals surface area contributed by atoms with E-state index in [-0.39, 0.29) is 22.4 Å². The van der Waals surface area contributed by atoms with E-state index >= 15 is 0 Å². The summed E-state index contributed by atoms with van der Waals surface area (Å²) >= 11 is 5.90. The maximum Gasteiger partial charge on any atom is 0.433 e. The quantitative estimate of drug-likeness (QED) is 0.550. The molecule has 0 saturated heterocycles. The summed E-state index contributed by atoms with van der Waals surface area (Å²) in [4.78, 5) is 20.8. The first-order valence-corrected chi connectivity index (χ1v) is 8.32. The van der Waals surface area contributed by atoms with Gasteiger partial charge in [-0.15, -0.1) is 0 Å². The SMILES string of the molecule is Nc1c(-n2ccnc2)c(=O)n(-c2ccc(Cl)cc2)c2nc(C(F)(F)F)ccc12. The average molecular weight is 406 g/mol. The van der Waals surface area contributed by atoms with E-state index in [4.69, 9.17) is 17.3 Å². The number of nitrogen functional groups attached to an aromatic ring is 1. The molecule has 0 saturated carbocycles. The number of rotatable bonds is 2. The van der Waals surface area contributed by atoms with E-state index < -0.39 is 17.4 Å². The van der Waals surface area contributed by atoms with Crippen LogP contribution in [0.2, 0.25) is 5.02 Å². The van der Waals surface area contributed by atoms with Crippen molar-refractivity contribution in [3.63, 3.8) is 0 Å². The Labute approximate surface area is 160 Å². The van der Waals surface area contributed by atoms with Gasteiger partial charge in [-0.05, 0) is 36.4 Å². The first-order valence-electron chi connectivity index (χ1n) is 7.94. The fraction of sp³-hybridized carbons (Fsp3) is 0.0556. The molecular weight excluding hydrogens is 395 g/mol. The van der Waals surface area contributed by atoms with Crippen LogP contribution in [0.25, 0.3) is 22.4 Å². The lowest BCUT2D eigenvalue weighted by atomic mass is 10.1. The minimum atomic E-state index is -4.67. The van der Waals surface area contributed by atoms with E-state index in [0.717, 1.165) is 10.6 Å². The van der Waals surface area contributed by atoms with Crippen LogP contribution in [0.1, 0.15) is 5.69 Å². The number of nitrogens with two attached hydrogens (primary N) is 1. The summed E-state index contributed by atoms with van der Waals surface area (Å²) in [6.45, 7) is 0. The zero-order valence-electron chi connectivity index (χ0n) is 14.0. The third-order valence-corrected chi connectivity index (χ3v) is 4.43. The number of halogens is 4. The molecule has 28 heavy (non-hydrogen) atoms. The molecule has 0 unspecified atom stereocenters. The molecule has 4 aromatic rings. The molecule has 0 aliphatic rings. The number of pyridine rings is 2. The third-order valence-electron chi connectivity index (χ3n) is 4.18. The Balaban J connectivity index is 2.16. The lowest BCUT2D eigenvalue weighted by Crippen LogP contribution is -2.26. The lowest BCUT2D eigenvalue weighted by molar-refractivity contribution is -0.141. The van der Waals surface area contributed by atoms with Crippen LogP contribution in [-0.4, -0.2) is 19.1 Å². The van der Waals surface area contributed by atoms with Crippen molar-refractivity contribution < 1.29 is 13.2 Å². The van der Waals surface area contributed by atoms with Gasteiger partial charge in [0.15, 0.2) is 0 Å². The number of anilines is 1. The van der Waals surface area contributed by atoms with E-state index in [1.807, 2.05) is 0 Å². The van der Waals surface area contributed by atoms with Gasteiger partial charge in [0.1, 0.15) is 17.0 Å². The van der Waals surface area contributed by atoms with Gasteiger partial charge in [0.05, 0.1) is 17.7 Å². The zero-order valence-corrected chi connectivity index (χ0v) is 14.7. The van der Waals surface area contributed by atoms with Gasteiger partial charge in [-0.1, -0.05) is 11.6 Å². The van der Waals surface area contributed by atoms with Crippen molar-refractivity contribution >= 4 is 28.3 Å². The summed E-state index contributed by atoms with van der Waals surface area (Å²) in [6, 6.07) is 8.10. The fourth-order valence-corrected chi connectivity index (χ4v) is 3.03. The number of fused-ring (bicyclic) bond motifs is 1. The Morgan fingerprint density at radius 3 is 2.39 bits per heavy atom. The summed E-state index contributed by atoms with van der Waals surface area (Å²) in [5.41, 5.74) is 4.52. The molecule has 142 valence electrons. The molecule has 3 aromatic heterocycles. The van der Waals surface area contributed by atoms with Gasteiger partial charge in [0, 0.05) is 22.8 Å². The van der Waals surface area contributed by atoms with Crippen LogP contribution in [0.15, 0.2) is 59.9 Å². The molecule has 3 heterocycles. The molecule has 1 aromatic carbocycles. The van der Waals surface area contributed by atoms with E-state index in [1.54, 1.807) is 0 Å². The summed E-state index contributed by atoms with van der Waals surface area (Å²) in [5.74, 6) is 0. The van der Waals surface area contributed by atoms with Crippen LogP contribution in [-0.2, 0) is 6.18 Å². The standard InChI is InChI=1S/C18H11ClF3N5O/c19-10-1-3-11(4-2-10)27-16-12(5-6-13(25-16)18(20,21)22)14(23)15(17(27)28)26-8-7-24-9-26/h1-9H,23H2. The highest BCUT2D eigenvalue weighted by Crippen LogP contribution is 2.32. The molecule has 0 atom stereocenters. The Kier molecular flexibility index (Phi) is 4.11. The molecule has 2 N–H and O–H groups in total. The van der Waals surface area contributed by atoms with Crippen molar-refractivity contribution in [2.45, 2.75) is 6.18 Å². The molecule has 4 rings (SSSR count). The highest BCUT2D eigenvalue weighted by Gasteiger charge is 2.33. The van der Waals surface area contributed by atoms with Crippen molar-refractivity contribution in [3.05, 3.63) is 76.2 Å². The Morgan fingerprint density at radius 1 is 1.07 bits per heavy atom. The molecule has 0 amide bonds. The number of nitrogens with zero attached hydrogens (tertiary/aromatic N) is 4. The largest absolute Gasteiger partial charge is 0.433 e. The van der Waals surface area contributed by atoms with Gasteiger partial charge in [-0.3, -0.25) is 13.9 Å². The molecule has 0 bridgehead atoms. The van der Waals surface area contributed by atoms with E-state index in [0.29, 0.717) is 10.7 Å². The first-order chi connectivity index (χ1) is 13.3. The number of hydrogen-bond acceptors (Lipinski definition) is 4. The monoisotopic (exact) mass is 405 g/mol. The van der Waals surface area contributed by atoms with E-state index in [1.165, 1.54) is 53.6 Å². The Morgan fingerprint density at radius 2 is 1.79 bits per heavy atom. The first kappa shape index (κ1) is 18.1. The highest BCUT2D eigenvalue weighted by molar-refractivity contribution is 6.30. The molecule has 6 nitrogen and oxygen atoms in total. The van der Waals surface area contributed by atoms with E-state index in [9.17, 15) is 18.0 Å². The van der Waals surface area contributed by atoms with Gasteiger partial charge in [-0.25, -0.2) is 9.97 Å².